The lowest BCUT2D eigenvalue weighted by molar-refractivity contribution is -0.385. The Morgan fingerprint density at radius 3 is 2.46 bits per heavy atom. The average molecular weight is 547 g/mol. The van der Waals surface area contributed by atoms with E-state index in [9.17, 15) is 19.7 Å². The summed E-state index contributed by atoms with van der Waals surface area (Å²) in [4.78, 5) is 36.2. The summed E-state index contributed by atoms with van der Waals surface area (Å²) in [6.45, 7) is 4.01. The molecular formula is C27H26N6O5S. The van der Waals surface area contributed by atoms with Gasteiger partial charge in [-0.15, -0.1) is 10.2 Å². The molecule has 1 heterocycles. The molecule has 200 valence electrons. The molecule has 0 bridgehead atoms. The standard InChI is InChI=1S/C27H26N6O5S/c1-3-38-21-14-12-19(13-15-21)29-25(34)17-39-27-31-30-24(32(27)20-8-5-4-6-9-20)16-28-26(35)22-10-7-11-23(18(22)2)33(36)37/h4-15H,3,16-17H2,1-2H3,(H,28,35)(H,29,34). The third-order valence-electron chi connectivity index (χ3n) is 5.65. The van der Waals surface area contributed by atoms with Crippen LogP contribution in [0.15, 0.2) is 78.0 Å². The van der Waals surface area contributed by atoms with Crippen LogP contribution in [0.2, 0.25) is 0 Å². The van der Waals surface area contributed by atoms with Gasteiger partial charge < -0.3 is 15.4 Å². The number of carbonyl (C=O) groups excluding carboxylic acids is 2. The van der Waals surface area contributed by atoms with Gasteiger partial charge in [0.05, 0.1) is 23.8 Å². The number of amides is 2. The van der Waals surface area contributed by atoms with E-state index in [2.05, 4.69) is 20.8 Å². The fourth-order valence-corrected chi connectivity index (χ4v) is 4.57. The minimum absolute atomic E-state index is 0.0157. The second kappa shape index (κ2) is 12.7. The van der Waals surface area contributed by atoms with Crippen LogP contribution in [0.5, 0.6) is 5.75 Å². The van der Waals surface area contributed by atoms with E-state index in [-0.39, 0.29) is 35.0 Å². The molecule has 2 amide bonds. The molecule has 0 spiro atoms. The fraction of sp³-hybridized carbons (Fsp3) is 0.185. The molecule has 3 aromatic carbocycles. The third-order valence-corrected chi connectivity index (χ3v) is 6.58. The van der Waals surface area contributed by atoms with Crippen molar-refractivity contribution >= 4 is 35.0 Å². The first kappa shape index (κ1) is 27.3. The number of anilines is 1. The Kier molecular flexibility index (Phi) is 8.90. The zero-order valence-electron chi connectivity index (χ0n) is 21.3. The molecule has 4 aromatic rings. The molecule has 1 aromatic heterocycles. The number of ether oxygens (including phenoxy) is 1. The molecule has 0 atom stereocenters. The average Bonchev–Trinajstić information content (AvgIpc) is 3.35. The van der Waals surface area contributed by atoms with Gasteiger partial charge in [-0.3, -0.25) is 24.3 Å². The van der Waals surface area contributed by atoms with Crippen LogP contribution < -0.4 is 15.4 Å². The highest BCUT2D eigenvalue weighted by Crippen LogP contribution is 2.24. The van der Waals surface area contributed by atoms with Crippen LogP contribution in [-0.2, 0) is 11.3 Å². The van der Waals surface area contributed by atoms with Crippen molar-refractivity contribution < 1.29 is 19.2 Å². The highest BCUT2D eigenvalue weighted by Gasteiger charge is 2.20. The van der Waals surface area contributed by atoms with Crippen molar-refractivity contribution in [3.05, 3.63) is 99.9 Å². The largest absolute Gasteiger partial charge is 0.494 e. The van der Waals surface area contributed by atoms with Crippen LogP contribution in [0.3, 0.4) is 0 Å². The van der Waals surface area contributed by atoms with Gasteiger partial charge in [0, 0.05) is 28.6 Å². The predicted octanol–water partition coefficient (Wildman–Crippen LogP) is 4.54. The lowest BCUT2D eigenvalue weighted by Gasteiger charge is -2.12. The van der Waals surface area contributed by atoms with E-state index in [0.29, 0.717) is 23.3 Å². The van der Waals surface area contributed by atoms with Crippen LogP contribution in [0.4, 0.5) is 11.4 Å². The van der Waals surface area contributed by atoms with Crippen molar-refractivity contribution in [3.8, 4) is 11.4 Å². The van der Waals surface area contributed by atoms with E-state index in [1.807, 2.05) is 37.3 Å². The highest BCUT2D eigenvalue weighted by atomic mass is 32.2. The van der Waals surface area contributed by atoms with E-state index in [1.165, 1.54) is 36.9 Å². The molecule has 4 rings (SSSR count). The molecule has 11 nitrogen and oxygen atoms in total. The van der Waals surface area contributed by atoms with Crippen molar-refractivity contribution in [2.45, 2.75) is 25.5 Å². The summed E-state index contributed by atoms with van der Waals surface area (Å²) in [6.07, 6.45) is 0. The molecule has 0 fully saturated rings. The molecule has 12 heteroatoms. The highest BCUT2D eigenvalue weighted by molar-refractivity contribution is 7.99. The summed E-state index contributed by atoms with van der Waals surface area (Å²) < 4.78 is 7.18. The second-order valence-corrected chi connectivity index (χ2v) is 9.20. The van der Waals surface area contributed by atoms with Crippen LogP contribution in [0, 0.1) is 17.0 Å². The summed E-state index contributed by atoms with van der Waals surface area (Å²) in [6, 6.07) is 20.8. The first-order chi connectivity index (χ1) is 18.9. The van der Waals surface area contributed by atoms with E-state index in [4.69, 9.17) is 4.74 Å². The van der Waals surface area contributed by atoms with E-state index < -0.39 is 10.8 Å². The number of benzene rings is 3. The van der Waals surface area contributed by atoms with Gasteiger partial charge in [-0.05, 0) is 56.3 Å². The van der Waals surface area contributed by atoms with Crippen LogP contribution >= 0.6 is 11.8 Å². The number of thioether (sulfide) groups is 1. The number of hydrogen-bond acceptors (Lipinski definition) is 8. The number of nitro benzene ring substituents is 1. The number of aromatic nitrogens is 3. The minimum atomic E-state index is -0.520. The maximum Gasteiger partial charge on any atom is 0.273 e. The van der Waals surface area contributed by atoms with E-state index in [1.54, 1.807) is 28.8 Å². The predicted molar refractivity (Wildman–Crippen MR) is 147 cm³/mol. The first-order valence-electron chi connectivity index (χ1n) is 12.0. The number of nitrogens with one attached hydrogen (secondary N) is 2. The zero-order valence-corrected chi connectivity index (χ0v) is 22.1. The van der Waals surface area contributed by atoms with E-state index >= 15 is 0 Å². The quantitative estimate of drug-likeness (QED) is 0.159. The lowest BCUT2D eigenvalue weighted by Crippen LogP contribution is -2.25. The molecule has 0 saturated carbocycles. The summed E-state index contributed by atoms with van der Waals surface area (Å²) in [7, 11) is 0. The van der Waals surface area contributed by atoms with Gasteiger partial charge in [0.2, 0.25) is 5.91 Å². The molecule has 0 saturated heterocycles. The monoisotopic (exact) mass is 546 g/mol. The van der Waals surface area contributed by atoms with Gasteiger partial charge in [0.25, 0.3) is 11.6 Å². The van der Waals surface area contributed by atoms with Crippen molar-refractivity contribution in [1.29, 1.82) is 0 Å². The Morgan fingerprint density at radius 1 is 1.03 bits per heavy atom. The Hall–Kier alpha value is -4.71. The Labute approximate surface area is 228 Å². The lowest BCUT2D eigenvalue weighted by atomic mass is 10.1. The number of nitro groups is 1. The van der Waals surface area contributed by atoms with Crippen LogP contribution in [0.25, 0.3) is 5.69 Å². The number of para-hydroxylation sites is 1. The topological polar surface area (TPSA) is 141 Å². The number of rotatable bonds is 11. The molecule has 0 radical (unpaired) electrons. The Balaban J connectivity index is 1.47. The van der Waals surface area contributed by atoms with Crippen molar-refractivity contribution in [2.24, 2.45) is 0 Å². The summed E-state index contributed by atoms with van der Waals surface area (Å²) in [5.74, 6) is 0.552. The summed E-state index contributed by atoms with van der Waals surface area (Å²) in [5, 5.41) is 25.8. The Bertz CT molecular complexity index is 1470. The normalized spacial score (nSPS) is 10.6. The zero-order chi connectivity index (χ0) is 27.8. The molecule has 39 heavy (non-hydrogen) atoms. The first-order valence-corrected chi connectivity index (χ1v) is 13.0. The Morgan fingerprint density at radius 2 is 1.77 bits per heavy atom. The summed E-state index contributed by atoms with van der Waals surface area (Å²) >= 11 is 1.20. The number of hydrogen-bond donors (Lipinski definition) is 2. The summed E-state index contributed by atoms with van der Waals surface area (Å²) in [5.41, 5.74) is 1.76. The van der Waals surface area contributed by atoms with Crippen LogP contribution in [0.1, 0.15) is 28.7 Å². The van der Waals surface area contributed by atoms with Gasteiger partial charge in [0.15, 0.2) is 11.0 Å². The van der Waals surface area contributed by atoms with Gasteiger partial charge in [-0.1, -0.05) is 36.0 Å². The maximum atomic E-state index is 12.9. The fourth-order valence-electron chi connectivity index (χ4n) is 3.79. The van der Waals surface area contributed by atoms with Crippen molar-refractivity contribution in [3.63, 3.8) is 0 Å². The van der Waals surface area contributed by atoms with Gasteiger partial charge in [0.1, 0.15) is 5.75 Å². The molecule has 2 N–H and O–H groups in total. The second-order valence-electron chi connectivity index (χ2n) is 8.25. The van der Waals surface area contributed by atoms with Crippen molar-refractivity contribution in [1.82, 2.24) is 20.1 Å². The van der Waals surface area contributed by atoms with Crippen LogP contribution in [-0.4, -0.2) is 43.9 Å². The third kappa shape index (κ3) is 6.79. The van der Waals surface area contributed by atoms with Gasteiger partial charge >= 0.3 is 0 Å². The number of carbonyl (C=O) groups is 2. The van der Waals surface area contributed by atoms with E-state index in [0.717, 1.165) is 11.4 Å². The van der Waals surface area contributed by atoms with Crippen molar-refractivity contribution in [2.75, 3.05) is 17.7 Å². The number of nitrogens with zero attached hydrogens (tertiary/aromatic N) is 4. The molecule has 0 aliphatic rings. The maximum absolute atomic E-state index is 12.9. The molecule has 0 aliphatic carbocycles. The smallest absolute Gasteiger partial charge is 0.273 e. The van der Waals surface area contributed by atoms with Gasteiger partial charge in [-0.25, -0.2) is 0 Å². The molecule has 0 unspecified atom stereocenters. The SMILES string of the molecule is CCOc1ccc(NC(=O)CSc2nnc(CNC(=O)c3cccc([N+](=O)[O-])c3C)n2-c2ccccc2)cc1. The molecular weight excluding hydrogens is 520 g/mol. The van der Waals surface area contributed by atoms with Gasteiger partial charge in [-0.2, -0.15) is 0 Å². The minimum Gasteiger partial charge on any atom is -0.494 e. The molecule has 0 aliphatic heterocycles.